The van der Waals surface area contributed by atoms with Gasteiger partial charge in [0.2, 0.25) is 5.91 Å². The fourth-order valence-corrected chi connectivity index (χ4v) is 2.68. The maximum Gasteiger partial charge on any atom is 0.253 e. The van der Waals surface area contributed by atoms with Gasteiger partial charge in [-0.25, -0.2) is 0 Å². The van der Waals surface area contributed by atoms with E-state index in [4.69, 9.17) is 5.73 Å². The molecule has 2 atom stereocenters. The molecule has 2 unspecified atom stereocenters. The number of piperidine rings is 1. The molecule has 0 spiro atoms. The van der Waals surface area contributed by atoms with Crippen molar-refractivity contribution in [3.63, 3.8) is 0 Å². The number of nitrogens with zero attached hydrogens (tertiary/aromatic N) is 1. The third kappa shape index (κ3) is 5.21. The van der Waals surface area contributed by atoms with E-state index >= 15 is 0 Å². The molecule has 1 fully saturated rings. The van der Waals surface area contributed by atoms with Crippen LogP contribution in [0.15, 0.2) is 24.3 Å². The van der Waals surface area contributed by atoms with E-state index in [0.717, 1.165) is 24.0 Å². The molecule has 1 aromatic carbocycles. The molecule has 0 aliphatic carbocycles. The van der Waals surface area contributed by atoms with Gasteiger partial charge in [0, 0.05) is 36.7 Å². The van der Waals surface area contributed by atoms with Gasteiger partial charge in [0.15, 0.2) is 0 Å². The average molecular weight is 354 g/mol. The normalized spacial score (nSPS) is 17.6. The topological polar surface area (TPSA) is 75.4 Å². The average Bonchev–Trinajstić information content (AvgIpc) is 2.54. The molecule has 6 heteroatoms. The van der Waals surface area contributed by atoms with Crippen molar-refractivity contribution in [3.05, 3.63) is 35.4 Å². The molecule has 3 N–H and O–H groups in total. The predicted octanol–water partition coefficient (Wildman–Crippen LogP) is 2.12. The summed E-state index contributed by atoms with van der Waals surface area (Å²) in [6.07, 6.45) is 1.57. The first-order valence-electron chi connectivity index (χ1n) is 8.30. The van der Waals surface area contributed by atoms with Crippen molar-refractivity contribution in [3.8, 4) is 0 Å². The molecule has 0 aromatic heterocycles. The quantitative estimate of drug-likeness (QED) is 0.870. The Morgan fingerprint density at radius 1 is 1.17 bits per heavy atom. The summed E-state index contributed by atoms with van der Waals surface area (Å²) >= 11 is 0. The van der Waals surface area contributed by atoms with Crippen molar-refractivity contribution in [2.24, 2.45) is 11.7 Å². The van der Waals surface area contributed by atoms with Crippen LogP contribution in [0.5, 0.6) is 0 Å². The van der Waals surface area contributed by atoms with Crippen LogP contribution in [0.25, 0.3) is 0 Å². The van der Waals surface area contributed by atoms with Gasteiger partial charge in [-0.15, -0.1) is 12.4 Å². The second kappa shape index (κ2) is 9.04. The molecule has 0 saturated carbocycles. The molecule has 134 valence electrons. The van der Waals surface area contributed by atoms with E-state index in [0.29, 0.717) is 13.1 Å². The van der Waals surface area contributed by atoms with Crippen LogP contribution in [-0.2, 0) is 4.79 Å². The minimum Gasteiger partial charge on any atom is -0.353 e. The molecule has 2 rings (SSSR count). The fraction of sp³-hybridized carbons (Fsp3) is 0.556. The van der Waals surface area contributed by atoms with Crippen LogP contribution in [0, 0.1) is 12.8 Å². The molecule has 1 aromatic rings. The number of benzene rings is 1. The van der Waals surface area contributed by atoms with Gasteiger partial charge in [-0.05, 0) is 38.8 Å². The molecular formula is C18H28ClN3O2. The molecule has 1 aliphatic rings. The molecule has 1 heterocycles. The summed E-state index contributed by atoms with van der Waals surface area (Å²) in [6.45, 7) is 7.03. The first kappa shape index (κ1) is 20.5. The molecule has 0 radical (unpaired) electrons. The number of carbonyl (C=O) groups excluding carboxylic acids is 2. The van der Waals surface area contributed by atoms with E-state index in [9.17, 15) is 9.59 Å². The summed E-state index contributed by atoms with van der Waals surface area (Å²) in [5.74, 6) is -0.121. The number of hydrogen-bond donors (Lipinski definition) is 2. The Morgan fingerprint density at radius 2 is 1.71 bits per heavy atom. The molecular weight excluding hydrogens is 326 g/mol. The van der Waals surface area contributed by atoms with Crippen molar-refractivity contribution in [2.45, 2.75) is 45.7 Å². The Balaban J connectivity index is 0.00000288. The van der Waals surface area contributed by atoms with Gasteiger partial charge in [0.05, 0.1) is 0 Å². The van der Waals surface area contributed by atoms with Gasteiger partial charge in [0.25, 0.3) is 5.91 Å². The van der Waals surface area contributed by atoms with E-state index in [2.05, 4.69) is 5.32 Å². The lowest BCUT2D eigenvalue weighted by atomic mass is 10.00. The SMILES string of the molecule is Cc1ccc(C(=O)N2CCC(NC(=O)C(C)C(C)N)CC2)cc1.Cl. The third-order valence-electron chi connectivity index (χ3n) is 4.63. The number of aryl methyl sites for hydroxylation is 1. The van der Waals surface area contributed by atoms with Crippen LogP contribution in [-0.4, -0.2) is 41.9 Å². The summed E-state index contributed by atoms with van der Waals surface area (Å²) < 4.78 is 0. The zero-order valence-corrected chi connectivity index (χ0v) is 15.4. The van der Waals surface area contributed by atoms with Crippen molar-refractivity contribution in [1.29, 1.82) is 0 Å². The highest BCUT2D eigenvalue weighted by Crippen LogP contribution is 2.15. The maximum atomic E-state index is 12.5. The number of likely N-dealkylation sites (tertiary alicyclic amines) is 1. The lowest BCUT2D eigenvalue weighted by Gasteiger charge is -2.33. The van der Waals surface area contributed by atoms with Gasteiger partial charge in [-0.3, -0.25) is 9.59 Å². The highest BCUT2D eigenvalue weighted by atomic mass is 35.5. The van der Waals surface area contributed by atoms with Crippen LogP contribution in [0.4, 0.5) is 0 Å². The van der Waals surface area contributed by atoms with E-state index in [-0.39, 0.29) is 42.2 Å². The number of nitrogens with one attached hydrogen (secondary N) is 1. The number of nitrogens with two attached hydrogens (primary N) is 1. The van der Waals surface area contributed by atoms with E-state index < -0.39 is 0 Å². The molecule has 1 aliphatic heterocycles. The van der Waals surface area contributed by atoms with E-state index in [1.54, 1.807) is 0 Å². The number of rotatable bonds is 4. The first-order chi connectivity index (χ1) is 10.9. The smallest absolute Gasteiger partial charge is 0.253 e. The molecule has 5 nitrogen and oxygen atoms in total. The minimum atomic E-state index is -0.192. The second-order valence-corrected chi connectivity index (χ2v) is 6.59. The Kier molecular flexibility index (Phi) is 7.70. The van der Waals surface area contributed by atoms with Crippen LogP contribution < -0.4 is 11.1 Å². The van der Waals surface area contributed by atoms with Gasteiger partial charge in [-0.2, -0.15) is 0 Å². The van der Waals surface area contributed by atoms with Crippen LogP contribution in [0.3, 0.4) is 0 Å². The largest absolute Gasteiger partial charge is 0.353 e. The number of amides is 2. The van der Waals surface area contributed by atoms with Crippen LogP contribution >= 0.6 is 12.4 Å². The minimum absolute atomic E-state index is 0. The summed E-state index contributed by atoms with van der Waals surface area (Å²) in [5, 5.41) is 3.05. The second-order valence-electron chi connectivity index (χ2n) is 6.59. The lowest BCUT2D eigenvalue weighted by molar-refractivity contribution is -0.125. The predicted molar refractivity (Wildman–Crippen MR) is 98.3 cm³/mol. The third-order valence-corrected chi connectivity index (χ3v) is 4.63. The first-order valence-corrected chi connectivity index (χ1v) is 8.30. The number of hydrogen-bond acceptors (Lipinski definition) is 3. The van der Waals surface area contributed by atoms with Crippen LogP contribution in [0.2, 0.25) is 0 Å². The molecule has 2 amide bonds. The summed E-state index contributed by atoms with van der Waals surface area (Å²) in [7, 11) is 0. The maximum absolute atomic E-state index is 12.5. The summed E-state index contributed by atoms with van der Waals surface area (Å²) in [6, 6.07) is 7.63. The van der Waals surface area contributed by atoms with Gasteiger partial charge >= 0.3 is 0 Å². The van der Waals surface area contributed by atoms with Crippen LogP contribution in [0.1, 0.15) is 42.6 Å². The fourth-order valence-electron chi connectivity index (χ4n) is 2.68. The van der Waals surface area contributed by atoms with Crippen molar-refractivity contribution < 1.29 is 9.59 Å². The van der Waals surface area contributed by atoms with Gasteiger partial charge < -0.3 is 16.0 Å². The Bertz CT molecular complexity index is 552. The summed E-state index contributed by atoms with van der Waals surface area (Å²) in [4.78, 5) is 26.4. The van der Waals surface area contributed by atoms with Crippen molar-refractivity contribution in [1.82, 2.24) is 10.2 Å². The molecule has 0 bridgehead atoms. The van der Waals surface area contributed by atoms with Gasteiger partial charge in [0.1, 0.15) is 0 Å². The number of carbonyl (C=O) groups is 2. The Morgan fingerprint density at radius 3 is 2.21 bits per heavy atom. The lowest BCUT2D eigenvalue weighted by Crippen LogP contribution is -2.49. The van der Waals surface area contributed by atoms with Crippen molar-refractivity contribution in [2.75, 3.05) is 13.1 Å². The van der Waals surface area contributed by atoms with Crippen molar-refractivity contribution >= 4 is 24.2 Å². The highest BCUT2D eigenvalue weighted by Gasteiger charge is 2.26. The highest BCUT2D eigenvalue weighted by molar-refractivity contribution is 5.94. The van der Waals surface area contributed by atoms with Gasteiger partial charge in [-0.1, -0.05) is 24.6 Å². The Labute approximate surface area is 150 Å². The van der Waals surface area contributed by atoms with E-state index in [1.807, 2.05) is 49.9 Å². The Hall–Kier alpha value is -1.59. The number of halogens is 1. The molecule has 1 saturated heterocycles. The molecule has 24 heavy (non-hydrogen) atoms. The summed E-state index contributed by atoms with van der Waals surface area (Å²) in [5.41, 5.74) is 7.64. The zero-order chi connectivity index (χ0) is 17.0. The standard InChI is InChI=1S/C18H27N3O2.ClH/c1-12-4-6-15(7-5-12)18(23)21-10-8-16(9-11-21)20-17(22)13(2)14(3)19;/h4-7,13-14,16H,8-11,19H2,1-3H3,(H,20,22);1H. The monoisotopic (exact) mass is 353 g/mol. The zero-order valence-electron chi connectivity index (χ0n) is 14.6. The van der Waals surface area contributed by atoms with E-state index in [1.165, 1.54) is 0 Å².